The Hall–Kier alpha value is -2.30. The normalized spacial score (nSPS) is 10.3. The predicted molar refractivity (Wildman–Crippen MR) is 75.9 cm³/mol. The fourth-order valence-corrected chi connectivity index (χ4v) is 1.96. The maximum absolute atomic E-state index is 12.1. The van der Waals surface area contributed by atoms with Gasteiger partial charge in [-0.15, -0.1) is 0 Å². The van der Waals surface area contributed by atoms with Crippen LogP contribution < -0.4 is 10.1 Å². The molecule has 2 aromatic rings. The first kappa shape index (κ1) is 14.1. The molecule has 5 nitrogen and oxygen atoms in total. The highest BCUT2D eigenvalue weighted by molar-refractivity contribution is 5.93. The fourth-order valence-electron chi connectivity index (χ4n) is 1.96. The van der Waals surface area contributed by atoms with Gasteiger partial charge < -0.3 is 14.6 Å². The van der Waals surface area contributed by atoms with Crippen molar-refractivity contribution in [1.29, 1.82) is 0 Å². The summed E-state index contributed by atoms with van der Waals surface area (Å²) in [5, 5.41) is 6.70. The first-order chi connectivity index (χ1) is 9.61. The molecule has 0 saturated heterocycles. The van der Waals surface area contributed by atoms with E-state index < -0.39 is 0 Å². The molecule has 1 N–H and O–H groups in total. The van der Waals surface area contributed by atoms with E-state index in [0.717, 1.165) is 11.3 Å². The maximum atomic E-state index is 12.1. The molecule has 0 atom stereocenters. The zero-order valence-corrected chi connectivity index (χ0v) is 11.9. The number of rotatable bonds is 5. The minimum atomic E-state index is -0.119. The zero-order valence-electron chi connectivity index (χ0n) is 11.9. The molecule has 106 valence electrons. The average Bonchev–Trinajstić information content (AvgIpc) is 2.73. The van der Waals surface area contributed by atoms with E-state index in [2.05, 4.69) is 10.5 Å². The Morgan fingerprint density at radius 2 is 2.10 bits per heavy atom. The van der Waals surface area contributed by atoms with Crippen LogP contribution in [-0.4, -0.2) is 17.7 Å². The van der Waals surface area contributed by atoms with Gasteiger partial charge in [0.2, 0.25) is 5.91 Å². The summed E-state index contributed by atoms with van der Waals surface area (Å²) < 4.78 is 10.5. The van der Waals surface area contributed by atoms with Crippen LogP contribution in [0.25, 0.3) is 0 Å². The van der Waals surface area contributed by atoms with E-state index in [-0.39, 0.29) is 12.3 Å². The highest BCUT2D eigenvalue weighted by atomic mass is 16.5. The minimum Gasteiger partial charge on any atom is -0.492 e. The highest BCUT2D eigenvalue weighted by Gasteiger charge is 2.14. The fraction of sp³-hybridized carbons (Fsp3) is 0.333. The Morgan fingerprint density at radius 3 is 2.75 bits per heavy atom. The van der Waals surface area contributed by atoms with Crippen molar-refractivity contribution in [2.45, 2.75) is 27.2 Å². The molecule has 0 aliphatic carbocycles. The smallest absolute Gasteiger partial charge is 0.229 e. The number of hydrogen-bond donors (Lipinski definition) is 1. The molecule has 0 bridgehead atoms. The molecular weight excluding hydrogens is 256 g/mol. The Bertz CT molecular complexity index is 585. The number of benzene rings is 1. The molecule has 1 heterocycles. The number of ether oxygens (including phenoxy) is 1. The molecule has 2 rings (SSSR count). The van der Waals surface area contributed by atoms with E-state index in [9.17, 15) is 4.79 Å². The summed E-state index contributed by atoms with van der Waals surface area (Å²) in [6.07, 6.45) is 0.238. The summed E-state index contributed by atoms with van der Waals surface area (Å²) in [5.41, 5.74) is 2.25. The lowest BCUT2D eigenvalue weighted by Gasteiger charge is -2.11. The van der Waals surface area contributed by atoms with E-state index in [1.54, 1.807) is 6.92 Å². The van der Waals surface area contributed by atoms with Crippen LogP contribution in [0.5, 0.6) is 5.75 Å². The summed E-state index contributed by atoms with van der Waals surface area (Å²) in [7, 11) is 0. The van der Waals surface area contributed by atoms with Crippen molar-refractivity contribution >= 4 is 11.6 Å². The third-order valence-corrected chi connectivity index (χ3v) is 2.98. The topological polar surface area (TPSA) is 64.4 Å². The van der Waals surface area contributed by atoms with Crippen molar-refractivity contribution in [3.05, 3.63) is 41.3 Å². The Balaban J connectivity index is 2.09. The Labute approximate surface area is 117 Å². The molecule has 1 aromatic carbocycles. The molecule has 0 spiro atoms. The lowest BCUT2D eigenvalue weighted by molar-refractivity contribution is -0.115. The van der Waals surface area contributed by atoms with Crippen molar-refractivity contribution in [3.8, 4) is 5.75 Å². The maximum Gasteiger partial charge on any atom is 0.229 e. The molecule has 0 fully saturated rings. The standard InChI is InChI=1S/C15H18N2O3/c1-4-19-14-8-6-5-7-13(14)16-15(18)9-12-10(2)17-20-11(12)3/h5-8H,4,9H2,1-3H3,(H,16,18). The summed E-state index contributed by atoms with van der Waals surface area (Å²) in [6.45, 7) is 6.09. The number of anilines is 1. The second-order valence-corrected chi connectivity index (χ2v) is 4.46. The van der Waals surface area contributed by atoms with Crippen LogP contribution in [0.2, 0.25) is 0 Å². The van der Waals surface area contributed by atoms with E-state index in [4.69, 9.17) is 9.26 Å². The van der Waals surface area contributed by atoms with Gasteiger partial charge in [-0.2, -0.15) is 0 Å². The van der Waals surface area contributed by atoms with Crippen LogP contribution in [0.4, 0.5) is 5.69 Å². The van der Waals surface area contributed by atoms with Crippen LogP contribution in [0.1, 0.15) is 23.9 Å². The van der Waals surface area contributed by atoms with E-state index >= 15 is 0 Å². The predicted octanol–water partition coefficient (Wildman–Crippen LogP) is 2.87. The summed E-state index contributed by atoms with van der Waals surface area (Å²) in [6, 6.07) is 7.37. The molecule has 0 aliphatic rings. The van der Waals surface area contributed by atoms with Gasteiger partial charge in [-0.3, -0.25) is 4.79 Å². The molecule has 0 aliphatic heterocycles. The molecule has 1 aromatic heterocycles. The first-order valence-electron chi connectivity index (χ1n) is 6.55. The summed E-state index contributed by atoms with van der Waals surface area (Å²) >= 11 is 0. The second-order valence-electron chi connectivity index (χ2n) is 4.46. The number of aromatic nitrogens is 1. The van der Waals surface area contributed by atoms with Crippen molar-refractivity contribution in [2.75, 3.05) is 11.9 Å². The Kier molecular flexibility index (Phi) is 4.40. The van der Waals surface area contributed by atoms with Gasteiger partial charge in [0.05, 0.1) is 24.4 Å². The molecular formula is C15H18N2O3. The zero-order chi connectivity index (χ0) is 14.5. The SMILES string of the molecule is CCOc1ccccc1NC(=O)Cc1c(C)noc1C. The van der Waals surface area contributed by atoms with Crippen LogP contribution in [0, 0.1) is 13.8 Å². The number of nitrogens with zero attached hydrogens (tertiary/aromatic N) is 1. The summed E-state index contributed by atoms with van der Waals surface area (Å²) in [4.78, 5) is 12.1. The lowest BCUT2D eigenvalue weighted by atomic mass is 10.1. The molecule has 1 amide bonds. The largest absolute Gasteiger partial charge is 0.492 e. The van der Waals surface area contributed by atoms with Gasteiger partial charge in [0.1, 0.15) is 11.5 Å². The van der Waals surface area contributed by atoms with Crippen molar-refractivity contribution in [1.82, 2.24) is 5.16 Å². The number of carbonyl (C=O) groups is 1. The number of para-hydroxylation sites is 2. The molecule has 0 radical (unpaired) electrons. The number of amides is 1. The van der Waals surface area contributed by atoms with Gasteiger partial charge in [0, 0.05) is 5.56 Å². The van der Waals surface area contributed by atoms with Crippen molar-refractivity contribution < 1.29 is 14.1 Å². The van der Waals surface area contributed by atoms with Gasteiger partial charge in [-0.25, -0.2) is 0 Å². The van der Waals surface area contributed by atoms with Gasteiger partial charge in [0.25, 0.3) is 0 Å². The van der Waals surface area contributed by atoms with Crippen LogP contribution in [0.3, 0.4) is 0 Å². The third-order valence-electron chi connectivity index (χ3n) is 2.98. The minimum absolute atomic E-state index is 0.119. The van der Waals surface area contributed by atoms with Crippen LogP contribution >= 0.6 is 0 Å². The second kappa shape index (κ2) is 6.23. The van der Waals surface area contributed by atoms with Crippen LogP contribution in [-0.2, 0) is 11.2 Å². The third kappa shape index (κ3) is 3.17. The van der Waals surface area contributed by atoms with Gasteiger partial charge in [-0.05, 0) is 32.9 Å². The summed E-state index contributed by atoms with van der Waals surface area (Å²) in [5.74, 6) is 1.23. The quantitative estimate of drug-likeness (QED) is 0.910. The number of nitrogens with one attached hydrogen (secondary N) is 1. The van der Waals surface area contributed by atoms with Gasteiger partial charge >= 0.3 is 0 Å². The first-order valence-corrected chi connectivity index (χ1v) is 6.55. The highest BCUT2D eigenvalue weighted by Crippen LogP contribution is 2.24. The van der Waals surface area contributed by atoms with E-state index in [1.165, 1.54) is 0 Å². The average molecular weight is 274 g/mol. The van der Waals surface area contributed by atoms with E-state index in [1.807, 2.05) is 38.1 Å². The van der Waals surface area contributed by atoms with Crippen molar-refractivity contribution in [2.24, 2.45) is 0 Å². The number of hydrogen-bond acceptors (Lipinski definition) is 4. The lowest BCUT2D eigenvalue weighted by Crippen LogP contribution is -2.16. The molecule has 0 unspecified atom stereocenters. The number of aryl methyl sites for hydroxylation is 2. The van der Waals surface area contributed by atoms with Crippen molar-refractivity contribution in [3.63, 3.8) is 0 Å². The number of carbonyl (C=O) groups excluding carboxylic acids is 1. The van der Waals surface area contributed by atoms with Gasteiger partial charge in [0.15, 0.2) is 0 Å². The van der Waals surface area contributed by atoms with E-state index in [0.29, 0.717) is 23.8 Å². The van der Waals surface area contributed by atoms with Gasteiger partial charge in [-0.1, -0.05) is 17.3 Å². The Morgan fingerprint density at radius 1 is 1.35 bits per heavy atom. The monoisotopic (exact) mass is 274 g/mol. The van der Waals surface area contributed by atoms with Crippen LogP contribution in [0.15, 0.2) is 28.8 Å². The molecule has 20 heavy (non-hydrogen) atoms. The molecule has 0 saturated carbocycles. The molecule has 5 heteroatoms.